The highest BCUT2D eigenvalue weighted by Crippen LogP contribution is 2.22. The lowest BCUT2D eigenvalue weighted by atomic mass is 10.1. The maximum Gasteiger partial charge on any atom is 0.265 e. The van der Waals surface area contributed by atoms with E-state index >= 15 is 0 Å². The van der Waals surface area contributed by atoms with Gasteiger partial charge < -0.3 is 9.30 Å². The third-order valence-corrected chi connectivity index (χ3v) is 3.38. The lowest BCUT2D eigenvalue weighted by molar-refractivity contribution is 0.363. The Labute approximate surface area is 120 Å². The predicted octanol–water partition coefficient (Wildman–Crippen LogP) is 3.38. The first-order valence-electron chi connectivity index (χ1n) is 5.83. The van der Waals surface area contributed by atoms with E-state index in [-0.39, 0.29) is 5.56 Å². The molecule has 0 unspecified atom stereocenters. The van der Waals surface area contributed by atoms with Crippen LogP contribution < -0.4 is 10.3 Å². The molecule has 19 heavy (non-hydrogen) atoms. The molecular weight excluding hydrogens is 306 g/mol. The average molecular weight is 320 g/mol. The van der Waals surface area contributed by atoms with E-state index in [1.807, 2.05) is 30.3 Å². The minimum Gasteiger partial charge on any atom is -0.490 e. The first-order valence-corrected chi connectivity index (χ1v) is 6.62. The van der Waals surface area contributed by atoms with Gasteiger partial charge in [0, 0.05) is 7.05 Å². The predicted molar refractivity (Wildman–Crippen MR) is 80.5 cm³/mol. The highest BCUT2D eigenvalue weighted by atomic mass is 79.9. The quantitative estimate of drug-likeness (QED) is 0.809. The van der Waals surface area contributed by atoms with Gasteiger partial charge in [-0.15, -0.1) is 0 Å². The largest absolute Gasteiger partial charge is 0.490 e. The molecule has 2 aromatic rings. The third-order valence-electron chi connectivity index (χ3n) is 2.78. The molecule has 0 saturated heterocycles. The highest BCUT2D eigenvalue weighted by molar-refractivity contribution is 9.10. The average Bonchev–Trinajstić information content (AvgIpc) is 2.44. The number of pyridine rings is 1. The smallest absolute Gasteiger partial charge is 0.265 e. The van der Waals surface area contributed by atoms with E-state index in [9.17, 15) is 4.79 Å². The van der Waals surface area contributed by atoms with Gasteiger partial charge in [0.05, 0.1) is 10.2 Å². The fraction of sp³-hybridized carbons (Fsp3) is 0.133. The van der Waals surface area contributed by atoms with Gasteiger partial charge in [0.1, 0.15) is 12.4 Å². The van der Waals surface area contributed by atoms with Crippen molar-refractivity contribution in [3.63, 3.8) is 0 Å². The molecule has 1 aromatic heterocycles. The summed E-state index contributed by atoms with van der Waals surface area (Å²) in [7, 11) is 1.75. The van der Waals surface area contributed by atoms with Gasteiger partial charge in [-0.25, -0.2) is 0 Å². The minimum atomic E-state index is -0.0514. The van der Waals surface area contributed by atoms with E-state index < -0.39 is 0 Å². The fourth-order valence-corrected chi connectivity index (χ4v) is 2.17. The van der Waals surface area contributed by atoms with Crippen molar-refractivity contribution in [2.24, 2.45) is 7.05 Å². The van der Waals surface area contributed by atoms with Crippen LogP contribution in [-0.2, 0) is 7.05 Å². The van der Waals surface area contributed by atoms with Crippen molar-refractivity contribution >= 4 is 15.9 Å². The van der Waals surface area contributed by atoms with Crippen LogP contribution >= 0.6 is 15.9 Å². The van der Waals surface area contributed by atoms with Gasteiger partial charge in [0.25, 0.3) is 5.56 Å². The summed E-state index contributed by atoms with van der Waals surface area (Å²) in [4.78, 5) is 11.9. The van der Waals surface area contributed by atoms with Crippen LogP contribution in [0.4, 0.5) is 0 Å². The lowest BCUT2D eigenvalue weighted by Gasteiger charge is -2.09. The van der Waals surface area contributed by atoms with Crippen molar-refractivity contribution in [3.05, 3.63) is 63.9 Å². The molecule has 3 nitrogen and oxygen atoms in total. The second-order valence-corrected chi connectivity index (χ2v) is 4.91. The van der Waals surface area contributed by atoms with Crippen LogP contribution in [0.1, 0.15) is 0 Å². The van der Waals surface area contributed by atoms with Crippen LogP contribution in [0.15, 0.2) is 58.3 Å². The summed E-state index contributed by atoms with van der Waals surface area (Å²) in [6.07, 6.45) is 1.70. The van der Waals surface area contributed by atoms with Crippen molar-refractivity contribution in [1.82, 2.24) is 4.57 Å². The molecule has 2 rings (SSSR count). The van der Waals surface area contributed by atoms with Crippen LogP contribution in [0, 0.1) is 0 Å². The summed E-state index contributed by atoms with van der Waals surface area (Å²) in [6.45, 7) is 4.09. The molecule has 0 atom stereocenters. The molecule has 0 saturated carbocycles. The Kier molecular flexibility index (Phi) is 4.22. The van der Waals surface area contributed by atoms with Crippen LogP contribution in [0.5, 0.6) is 5.75 Å². The molecule has 0 radical (unpaired) electrons. The van der Waals surface area contributed by atoms with Gasteiger partial charge in [0.2, 0.25) is 0 Å². The molecule has 4 heteroatoms. The van der Waals surface area contributed by atoms with Crippen molar-refractivity contribution < 1.29 is 4.74 Å². The molecule has 0 N–H and O–H groups in total. The van der Waals surface area contributed by atoms with Gasteiger partial charge >= 0.3 is 0 Å². The zero-order valence-electron chi connectivity index (χ0n) is 10.6. The summed E-state index contributed by atoms with van der Waals surface area (Å²) in [5, 5.41) is 0. The molecule has 0 aliphatic carbocycles. The highest BCUT2D eigenvalue weighted by Gasteiger charge is 2.06. The molecule has 1 heterocycles. The van der Waals surface area contributed by atoms with Crippen LogP contribution in [0.2, 0.25) is 0 Å². The molecule has 1 aromatic carbocycles. The van der Waals surface area contributed by atoms with Gasteiger partial charge in [-0.1, -0.05) is 12.7 Å². The number of halogens is 1. The van der Waals surface area contributed by atoms with Crippen molar-refractivity contribution in [1.29, 1.82) is 0 Å². The Hall–Kier alpha value is -1.81. The molecule has 98 valence electrons. The van der Waals surface area contributed by atoms with Gasteiger partial charge in [-0.3, -0.25) is 4.79 Å². The van der Waals surface area contributed by atoms with E-state index in [1.165, 1.54) is 0 Å². The Morgan fingerprint density at radius 3 is 2.58 bits per heavy atom. The summed E-state index contributed by atoms with van der Waals surface area (Å²) in [5.41, 5.74) is 1.78. The standard InChI is InChI=1S/C15H14BrNO2/c1-3-10-19-12-6-4-11(5-7-12)14-9-8-13(16)15(18)17(14)2/h3-9H,1,10H2,2H3. The monoisotopic (exact) mass is 319 g/mol. The fourth-order valence-electron chi connectivity index (χ4n) is 1.77. The number of benzene rings is 1. The second kappa shape index (κ2) is 5.89. The number of ether oxygens (including phenoxy) is 1. The zero-order valence-corrected chi connectivity index (χ0v) is 12.2. The van der Waals surface area contributed by atoms with Crippen LogP contribution in [0.25, 0.3) is 11.3 Å². The Morgan fingerprint density at radius 1 is 1.26 bits per heavy atom. The van der Waals surface area contributed by atoms with Crippen LogP contribution in [-0.4, -0.2) is 11.2 Å². The molecule has 0 aliphatic rings. The van der Waals surface area contributed by atoms with E-state index in [0.717, 1.165) is 17.0 Å². The Morgan fingerprint density at radius 2 is 1.95 bits per heavy atom. The topological polar surface area (TPSA) is 31.2 Å². The summed E-state index contributed by atoms with van der Waals surface area (Å²) in [6, 6.07) is 11.3. The van der Waals surface area contributed by atoms with E-state index in [1.54, 1.807) is 23.8 Å². The van der Waals surface area contributed by atoms with E-state index in [0.29, 0.717) is 11.1 Å². The normalized spacial score (nSPS) is 10.2. The first-order chi connectivity index (χ1) is 9.13. The maximum atomic E-state index is 11.9. The number of hydrogen-bond acceptors (Lipinski definition) is 2. The Bertz CT molecular complexity index is 644. The maximum absolute atomic E-state index is 11.9. The van der Waals surface area contributed by atoms with Crippen molar-refractivity contribution in [3.8, 4) is 17.0 Å². The van der Waals surface area contributed by atoms with E-state index in [2.05, 4.69) is 22.5 Å². The molecule has 0 spiro atoms. The van der Waals surface area contributed by atoms with Gasteiger partial charge in [-0.05, 0) is 57.9 Å². The Balaban J connectivity index is 2.35. The molecule has 0 aliphatic heterocycles. The van der Waals surface area contributed by atoms with Crippen molar-refractivity contribution in [2.45, 2.75) is 0 Å². The van der Waals surface area contributed by atoms with Crippen LogP contribution in [0.3, 0.4) is 0 Å². The van der Waals surface area contributed by atoms with Gasteiger partial charge in [-0.2, -0.15) is 0 Å². The minimum absolute atomic E-state index is 0.0514. The summed E-state index contributed by atoms with van der Waals surface area (Å²) in [5.74, 6) is 0.783. The SMILES string of the molecule is C=CCOc1ccc(-c2ccc(Br)c(=O)n2C)cc1. The lowest BCUT2D eigenvalue weighted by Crippen LogP contribution is -2.18. The van der Waals surface area contributed by atoms with Crippen molar-refractivity contribution in [2.75, 3.05) is 6.61 Å². The molecule has 0 fully saturated rings. The number of rotatable bonds is 4. The zero-order chi connectivity index (χ0) is 13.8. The van der Waals surface area contributed by atoms with Gasteiger partial charge in [0.15, 0.2) is 0 Å². The van der Waals surface area contributed by atoms with E-state index in [4.69, 9.17) is 4.74 Å². The number of aromatic nitrogens is 1. The number of hydrogen-bond donors (Lipinski definition) is 0. The molecular formula is C15H14BrNO2. The first kappa shape index (κ1) is 13.6. The third kappa shape index (κ3) is 2.96. The molecule has 0 bridgehead atoms. The second-order valence-electron chi connectivity index (χ2n) is 4.05. The summed E-state index contributed by atoms with van der Waals surface area (Å²) < 4.78 is 7.60. The summed E-state index contributed by atoms with van der Waals surface area (Å²) >= 11 is 3.23. The molecule has 0 amide bonds. The number of nitrogens with zero attached hydrogens (tertiary/aromatic N) is 1.